The maximum atomic E-state index is 5.97. The Morgan fingerprint density at radius 1 is 1.35 bits per heavy atom. The predicted molar refractivity (Wildman–Crippen MR) is 83.8 cm³/mol. The average Bonchev–Trinajstić information content (AvgIpc) is 2.89. The van der Waals surface area contributed by atoms with E-state index in [9.17, 15) is 0 Å². The molecule has 2 N–H and O–H groups in total. The van der Waals surface area contributed by atoms with Crippen molar-refractivity contribution in [1.82, 2.24) is 9.97 Å². The number of anilines is 1. The first-order valence-corrected chi connectivity index (χ1v) is 7.71. The van der Waals surface area contributed by atoms with E-state index >= 15 is 0 Å². The van der Waals surface area contributed by atoms with E-state index in [1.165, 1.54) is 6.42 Å². The lowest BCUT2D eigenvalue weighted by Crippen LogP contribution is -2.27. The van der Waals surface area contributed by atoms with E-state index in [4.69, 9.17) is 5.73 Å². The minimum atomic E-state index is 0.210. The molecule has 1 aromatic heterocycles. The molecule has 2 unspecified atom stereocenters. The normalized spacial score (nSPS) is 21.2. The number of hydrogen-bond acceptors (Lipinski definition) is 4. The molecule has 1 aromatic rings. The predicted octanol–water partition coefficient (Wildman–Crippen LogP) is 2.63. The maximum Gasteiger partial charge on any atom is 0.225 e. The highest BCUT2D eigenvalue weighted by Crippen LogP contribution is 2.34. The molecule has 0 aromatic carbocycles. The molecule has 2 rings (SSSR count). The molecule has 0 saturated carbocycles. The Bertz CT molecular complexity index is 421. The third kappa shape index (κ3) is 3.69. The van der Waals surface area contributed by atoms with Crippen molar-refractivity contribution in [3.05, 3.63) is 18.0 Å². The van der Waals surface area contributed by atoms with Gasteiger partial charge < -0.3 is 10.6 Å². The molecule has 4 heteroatoms. The topological polar surface area (TPSA) is 55.0 Å². The van der Waals surface area contributed by atoms with Crippen LogP contribution in [0.15, 0.2) is 12.4 Å². The maximum absolute atomic E-state index is 5.97. The van der Waals surface area contributed by atoms with Crippen molar-refractivity contribution in [2.45, 2.75) is 53.0 Å². The Balaban J connectivity index is 1.97. The molecule has 0 radical (unpaired) electrons. The minimum absolute atomic E-state index is 0.210. The van der Waals surface area contributed by atoms with Crippen LogP contribution in [-0.2, 0) is 6.42 Å². The summed E-state index contributed by atoms with van der Waals surface area (Å²) in [5, 5.41) is 0. The van der Waals surface area contributed by atoms with Gasteiger partial charge in [-0.25, -0.2) is 9.97 Å². The van der Waals surface area contributed by atoms with Crippen LogP contribution in [0.3, 0.4) is 0 Å². The number of rotatable bonds is 4. The molecule has 0 amide bonds. The highest BCUT2D eigenvalue weighted by atomic mass is 15.3. The van der Waals surface area contributed by atoms with Gasteiger partial charge in [-0.15, -0.1) is 0 Å². The van der Waals surface area contributed by atoms with Crippen molar-refractivity contribution in [3.63, 3.8) is 0 Å². The van der Waals surface area contributed by atoms with Gasteiger partial charge in [0.05, 0.1) is 0 Å². The molecule has 2 atom stereocenters. The second-order valence-corrected chi connectivity index (χ2v) is 7.06. The van der Waals surface area contributed by atoms with E-state index in [2.05, 4.69) is 42.6 Å². The lowest BCUT2D eigenvalue weighted by molar-refractivity contribution is 0.263. The van der Waals surface area contributed by atoms with E-state index in [1.807, 2.05) is 12.4 Å². The van der Waals surface area contributed by atoms with Gasteiger partial charge in [0.25, 0.3) is 0 Å². The van der Waals surface area contributed by atoms with Gasteiger partial charge in [-0.3, -0.25) is 0 Å². The van der Waals surface area contributed by atoms with Crippen molar-refractivity contribution in [1.29, 1.82) is 0 Å². The fourth-order valence-corrected chi connectivity index (χ4v) is 2.71. The van der Waals surface area contributed by atoms with Crippen LogP contribution in [0.25, 0.3) is 0 Å². The van der Waals surface area contributed by atoms with Crippen molar-refractivity contribution >= 4 is 5.95 Å². The van der Waals surface area contributed by atoms with E-state index in [0.717, 1.165) is 43.4 Å². The summed E-state index contributed by atoms with van der Waals surface area (Å²) in [6.45, 7) is 11.2. The van der Waals surface area contributed by atoms with Crippen molar-refractivity contribution in [3.8, 4) is 0 Å². The Kier molecular flexibility index (Phi) is 4.63. The monoisotopic (exact) mass is 276 g/mol. The average molecular weight is 276 g/mol. The van der Waals surface area contributed by atoms with Crippen LogP contribution in [0.4, 0.5) is 5.95 Å². The highest BCUT2D eigenvalue weighted by molar-refractivity contribution is 5.32. The van der Waals surface area contributed by atoms with Gasteiger partial charge in [-0.2, -0.15) is 0 Å². The van der Waals surface area contributed by atoms with Gasteiger partial charge in [0.1, 0.15) is 0 Å². The summed E-state index contributed by atoms with van der Waals surface area (Å²) < 4.78 is 0. The molecule has 0 bridgehead atoms. The lowest BCUT2D eigenvalue weighted by atomic mass is 9.80. The van der Waals surface area contributed by atoms with Gasteiger partial charge in [0, 0.05) is 31.5 Å². The molecule has 0 spiro atoms. The molecule has 1 fully saturated rings. The molecular formula is C16H28N4. The first-order valence-electron chi connectivity index (χ1n) is 7.71. The number of nitrogens with zero attached hydrogens (tertiary/aromatic N) is 3. The van der Waals surface area contributed by atoms with Gasteiger partial charge in [0.15, 0.2) is 0 Å². The zero-order valence-electron chi connectivity index (χ0n) is 13.3. The third-order valence-electron chi connectivity index (χ3n) is 4.41. The van der Waals surface area contributed by atoms with E-state index in [0.29, 0.717) is 5.41 Å². The van der Waals surface area contributed by atoms with Crippen LogP contribution < -0.4 is 10.6 Å². The highest BCUT2D eigenvalue weighted by Gasteiger charge is 2.32. The summed E-state index contributed by atoms with van der Waals surface area (Å²) in [6.07, 6.45) is 6.95. The van der Waals surface area contributed by atoms with Gasteiger partial charge >= 0.3 is 0 Å². The summed E-state index contributed by atoms with van der Waals surface area (Å²) in [5.41, 5.74) is 7.46. The SMILES string of the molecule is CCC(N)Cc1cnc(N2CCC(C(C)(C)C)C2)nc1. The second kappa shape index (κ2) is 6.08. The Morgan fingerprint density at radius 3 is 2.50 bits per heavy atom. The molecular weight excluding hydrogens is 248 g/mol. The van der Waals surface area contributed by atoms with Crippen LogP contribution in [0.2, 0.25) is 0 Å². The number of aromatic nitrogens is 2. The molecule has 20 heavy (non-hydrogen) atoms. The van der Waals surface area contributed by atoms with Crippen molar-refractivity contribution in [2.24, 2.45) is 17.1 Å². The van der Waals surface area contributed by atoms with Gasteiger partial charge in [-0.05, 0) is 36.2 Å². The van der Waals surface area contributed by atoms with Crippen LogP contribution in [0.5, 0.6) is 0 Å². The second-order valence-electron chi connectivity index (χ2n) is 7.06. The lowest BCUT2D eigenvalue weighted by Gasteiger charge is -2.26. The van der Waals surface area contributed by atoms with Crippen molar-refractivity contribution in [2.75, 3.05) is 18.0 Å². The largest absolute Gasteiger partial charge is 0.341 e. The fraction of sp³-hybridized carbons (Fsp3) is 0.750. The minimum Gasteiger partial charge on any atom is -0.341 e. The molecule has 4 nitrogen and oxygen atoms in total. The Labute approximate surface area is 122 Å². The Hall–Kier alpha value is -1.16. The molecule has 112 valence electrons. The standard InChI is InChI=1S/C16H28N4/c1-5-14(17)8-12-9-18-15(19-10-12)20-7-6-13(11-20)16(2,3)4/h9-10,13-14H,5-8,11,17H2,1-4H3. The Morgan fingerprint density at radius 2 is 2.00 bits per heavy atom. The van der Waals surface area contributed by atoms with Crippen LogP contribution in [0.1, 0.15) is 46.1 Å². The quantitative estimate of drug-likeness (QED) is 0.918. The molecule has 1 aliphatic rings. The summed E-state index contributed by atoms with van der Waals surface area (Å²) >= 11 is 0. The van der Waals surface area contributed by atoms with Crippen LogP contribution in [-0.4, -0.2) is 29.1 Å². The third-order valence-corrected chi connectivity index (χ3v) is 4.41. The molecule has 1 saturated heterocycles. The summed E-state index contributed by atoms with van der Waals surface area (Å²) in [7, 11) is 0. The summed E-state index contributed by atoms with van der Waals surface area (Å²) in [6, 6.07) is 0.210. The summed E-state index contributed by atoms with van der Waals surface area (Å²) in [4.78, 5) is 11.4. The van der Waals surface area contributed by atoms with Gasteiger partial charge in [-0.1, -0.05) is 27.7 Å². The van der Waals surface area contributed by atoms with E-state index in [-0.39, 0.29) is 6.04 Å². The van der Waals surface area contributed by atoms with Gasteiger partial charge in [0.2, 0.25) is 5.95 Å². The van der Waals surface area contributed by atoms with E-state index in [1.54, 1.807) is 0 Å². The molecule has 0 aliphatic carbocycles. The zero-order valence-corrected chi connectivity index (χ0v) is 13.3. The zero-order chi connectivity index (χ0) is 14.8. The first-order chi connectivity index (χ1) is 9.40. The molecule has 1 aliphatic heterocycles. The molecule has 2 heterocycles. The number of nitrogens with two attached hydrogens (primary N) is 1. The first kappa shape index (κ1) is 15.2. The number of hydrogen-bond donors (Lipinski definition) is 1. The fourth-order valence-electron chi connectivity index (χ4n) is 2.71. The summed E-state index contributed by atoms with van der Waals surface area (Å²) in [5.74, 6) is 1.59. The van der Waals surface area contributed by atoms with Crippen molar-refractivity contribution < 1.29 is 0 Å². The van der Waals surface area contributed by atoms with Crippen LogP contribution >= 0.6 is 0 Å². The van der Waals surface area contributed by atoms with E-state index < -0.39 is 0 Å². The smallest absolute Gasteiger partial charge is 0.225 e. The van der Waals surface area contributed by atoms with Crippen LogP contribution in [0, 0.1) is 11.3 Å².